The van der Waals surface area contributed by atoms with Gasteiger partial charge in [0.2, 0.25) is 0 Å². The van der Waals surface area contributed by atoms with Crippen molar-refractivity contribution in [3.8, 4) is 0 Å². The van der Waals surface area contributed by atoms with Crippen LogP contribution in [-0.4, -0.2) is 25.3 Å². The minimum absolute atomic E-state index is 0.444. The van der Waals surface area contributed by atoms with Crippen molar-refractivity contribution in [2.45, 2.75) is 71.9 Å². The minimum atomic E-state index is 0.444. The normalized spacial score (nSPS) is 29.8. The van der Waals surface area contributed by atoms with Crippen LogP contribution in [0.4, 0.5) is 0 Å². The molecular weight excluding hydrogens is 210 g/mol. The molecule has 1 N–H and O–H groups in total. The predicted octanol–water partition coefficient (Wildman–Crippen LogP) is 3.61. The fourth-order valence-electron chi connectivity index (χ4n) is 2.79. The van der Waals surface area contributed by atoms with Crippen LogP contribution in [0.1, 0.15) is 59.8 Å². The molecule has 0 aromatic carbocycles. The zero-order valence-electron chi connectivity index (χ0n) is 12.2. The van der Waals surface area contributed by atoms with Gasteiger partial charge in [0.15, 0.2) is 0 Å². The molecule has 1 aliphatic rings. The number of likely N-dealkylation sites (N-methyl/N-ethyl adjacent to an activating group) is 1. The Morgan fingerprint density at radius 1 is 1.18 bits per heavy atom. The quantitative estimate of drug-likeness (QED) is 0.735. The van der Waals surface area contributed by atoms with Gasteiger partial charge in [0.05, 0.1) is 6.10 Å². The van der Waals surface area contributed by atoms with E-state index in [0.29, 0.717) is 12.1 Å². The zero-order valence-corrected chi connectivity index (χ0v) is 12.2. The molecule has 1 saturated carbocycles. The summed E-state index contributed by atoms with van der Waals surface area (Å²) in [6, 6.07) is 0.588. The first kappa shape index (κ1) is 15.0. The van der Waals surface area contributed by atoms with E-state index in [1.54, 1.807) is 0 Å². The van der Waals surface area contributed by atoms with E-state index in [9.17, 15) is 0 Å². The summed E-state index contributed by atoms with van der Waals surface area (Å²) >= 11 is 0. The Kier molecular flexibility index (Phi) is 7.14. The Bertz CT molecular complexity index is 191. The first-order valence-electron chi connectivity index (χ1n) is 7.56. The first-order chi connectivity index (χ1) is 8.21. The molecule has 2 heteroatoms. The first-order valence-corrected chi connectivity index (χ1v) is 7.56. The molecule has 0 saturated heterocycles. The van der Waals surface area contributed by atoms with Crippen molar-refractivity contribution < 1.29 is 4.74 Å². The number of hydrogen-bond donors (Lipinski definition) is 1. The van der Waals surface area contributed by atoms with Crippen LogP contribution in [0.15, 0.2) is 0 Å². The third-order valence-corrected chi connectivity index (χ3v) is 4.22. The van der Waals surface area contributed by atoms with Gasteiger partial charge in [0, 0.05) is 12.6 Å². The van der Waals surface area contributed by atoms with Crippen LogP contribution in [0.5, 0.6) is 0 Å². The van der Waals surface area contributed by atoms with Crippen LogP contribution in [0, 0.1) is 11.8 Å². The van der Waals surface area contributed by atoms with Gasteiger partial charge in [0.25, 0.3) is 0 Å². The molecular formula is C15H31NO. The smallest absolute Gasteiger partial charge is 0.0730 e. The lowest BCUT2D eigenvalue weighted by Gasteiger charge is -2.36. The monoisotopic (exact) mass is 241 g/mol. The van der Waals surface area contributed by atoms with Crippen molar-refractivity contribution >= 4 is 0 Å². The Balaban J connectivity index is 2.40. The van der Waals surface area contributed by atoms with Crippen molar-refractivity contribution in [2.75, 3.05) is 13.2 Å². The molecule has 102 valence electrons. The summed E-state index contributed by atoms with van der Waals surface area (Å²) in [5.41, 5.74) is 0. The molecule has 3 atom stereocenters. The maximum absolute atomic E-state index is 6.20. The topological polar surface area (TPSA) is 21.3 Å². The maximum atomic E-state index is 6.20. The molecule has 0 aromatic heterocycles. The molecule has 1 fully saturated rings. The van der Waals surface area contributed by atoms with Crippen LogP contribution in [0.2, 0.25) is 0 Å². The van der Waals surface area contributed by atoms with Crippen molar-refractivity contribution in [1.29, 1.82) is 0 Å². The lowest BCUT2D eigenvalue weighted by molar-refractivity contribution is -0.0241. The highest BCUT2D eigenvalue weighted by Crippen LogP contribution is 2.27. The molecule has 1 rings (SSSR count). The van der Waals surface area contributed by atoms with E-state index in [4.69, 9.17) is 4.74 Å². The van der Waals surface area contributed by atoms with E-state index in [0.717, 1.165) is 25.0 Å². The van der Waals surface area contributed by atoms with Gasteiger partial charge < -0.3 is 10.1 Å². The number of ether oxygens (including phenoxy) is 1. The number of hydrogen-bond acceptors (Lipinski definition) is 2. The molecule has 2 nitrogen and oxygen atoms in total. The summed E-state index contributed by atoms with van der Waals surface area (Å²) in [4.78, 5) is 0. The second-order valence-corrected chi connectivity index (χ2v) is 5.64. The van der Waals surface area contributed by atoms with Gasteiger partial charge in [-0.05, 0) is 37.6 Å². The Hall–Kier alpha value is -0.0800. The summed E-state index contributed by atoms with van der Waals surface area (Å²) in [5.74, 6) is 1.58. The van der Waals surface area contributed by atoms with E-state index < -0.39 is 0 Å². The highest BCUT2D eigenvalue weighted by Gasteiger charge is 2.28. The van der Waals surface area contributed by atoms with E-state index >= 15 is 0 Å². The van der Waals surface area contributed by atoms with Crippen LogP contribution in [0.3, 0.4) is 0 Å². The van der Waals surface area contributed by atoms with E-state index in [1.807, 2.05) is 0 Å². The summed E-state index contributed by atoms with van der Waals surface area (Å²) in [6.07, 6.45) is 6.79. The Morgan fingerprint density at radius 3 is 2.47 bits per heavy atom. The van der Waals surface area contributed by atoms with Gasteiger partial charge in [-0.3, -0.25) is 0 Å². The third-order valence-electron chi connectivity index (χ3n) is 4.22. The average Bonchev–Trinajstić information content (AvgIpc) is 2.34. The SMILES string of the molecule is CCNC1CCC(C)CC1OCC(CC)CC. The van der Waals surface area contributed by atoms with E-state index in [2.05, 4.69) is 33.0 Å². The lowest BCUT2D eigenvalue weighted by Crippen LogP contribution is -2.45. The highest BCUT2D eigenvalue weighted by atomic mass is 16.5. The Labute approximate surface area is 108 Å². The molecule has 0 radical (unpaired) electrons. The third kappa shape index (κ3) is 4.97. The summed E-state index contributed by atoms with van der Waals surface area (Å²) in [7, 11) is 0. The van der Waals surface area contributed by atoms with Crippen LogP contribution < -0.4 is 5.32 Å². The molecule has 1 aliphatic carbocycles. The van der Waals surface area contributed by atoms with Gasteiger partial charge in [-0.1, -0.05) is 40.5 Å². The fraction of sp³-hybridized carbons (Fsp3) is 1.00. The lowest BCUT2D eigenvalue weighted by atomic mass is 9.85. The average molecular weight is 241 g/mol. The molecule has 0 aliphatic heterocycles. The van der Waals surface area contributed by atoms with Gasteiger partial charge in [0.1, 0.15) is 0 Å². The predicted molar refractivity (Wildman–Crippen MR) is 74.3 cm³/mol. The van der Waals surface area contributed by atoms with Crippen molar-refractivity contribution in [3.05, 3.63) is 0 Å². The maximum Gasteiger partial charge on any atom is 0.0730 e. The summed E-state index contributed by atoms with van der Waals surface area (Å²) in [5, 5.41) is 3.59. The number of rotatable bonds is 7. The Morgan fingerprint density at radius 2 is 1.88 bits per heavy atom. The minimum Gasteiger partial charge on any atom is -0.376 e. The van der Waals surface area contributed by atoms with Gasteiger partial charge in [-0.25, -0.2) is 0 Å². The zero-order chi connectivity index (χ0) is 12.7. The van der Waals surface area contributed by atoms with E-state index in [-0.39, 0.29) is 0 Å². The summed E-state index contributed by atoms with van der Waals surface area (Å²) in [6.45, 7) is 11.1. The molecule has 0 amide bonds. The summed E-state index contributed by atoms with van der Waals surface area (Å²) < 4.78 is 6.20. The van der Waals surface area contributed by atoms with Crippen molar-refractivity contribution in [1.82, 2.24) is 5.32 Å². The van der Waals surface area contributed by atoms with Crippen molar-refractivity contribution in [3.63, 3.8) is 0 Å². The standard InChI is InChI=1S/C15H31NO/c1-5-13(6-2)11-17-15-10-12(4)8-9-14(15)16-7-3/h12-16H,5-11H2,1-4H3. The molecule has 0 spiro atoms. The molecule has 3 unspecified atom stereocenters. The van der Waals surface area contributed by atoms with Gasteiger partial charge in [-0.2, -0.15) is 0 Å². The fourth-order valence-corrected chi connectivity index (χ4v) is 2.79. The molecule has 17 heavy (non-hydrogen) atoms. The second kappa shape index (κ2) is 8.10. The van der Waals surface area contributed by atoms with Crippen LogP contribution in [0.25, 0.3) is 0 Å². The number of nitrogens with one attached hydrogen (secondary N) is 1. The van der Waals surface area contributed by atoms with Gasteiger partial charge >= 0.3 is 0 Å². The second-order valence-electron chi connectivity index (χ2n) is 5.64. The largest absolute Gasteiger partial charge is 0.376 e. The van der Waals surface area contributed by atoms with Crippen LogP contribution >= 0.6 is 0 Å². The van der Waals surface area contributed by atoms with Crippen LogP contribution in [-0.2, 0) is 4.74 Å². The van der Waals surface area contributed by atoms with Crippen molar-refractivity contribution in [2.24, 2.45) is 11.8 Å². The molecule has 0 aromatic rings. The van der Waals surface area contributed by atoms with E-state index in [1.165, 1.54) is 32.1 Å². The highest BCUT2D eigenvalue weighted by molar-refractivity contribution is 4.84. The van der Waals surface area contributed by atoms with Gasteiger partial charge in [-0.15, -0.1) is 0 Å². The molecule has 0 bridgehead atoms. The molecule has 0 heterocycles.